The maximum atomic E-state index is 12.9. The monoisotopic (exact) mass is 364 g/mol. The number of likely N-dealkylation sites (tertiary alicyclic amines) is 1. The molecule has 1 aromatic heterocycles. The minimum absolute atomic E-state index is 0.0945. The summed E-state index contributed by atoms with van der Waals surface area (Å²) in [5, 5.41) is 3.29. The number of hydrogen-bond donors (Lipinski definition) is 1. The summed E-state index contributed by atoms with van der Waals surface area (Å²) in [6.45, 7) is 4.85. The van der Waals surface area contributed by atoms with Crippen molar-refractivity contribution in [2.75, 3.05) is 24.5 Å². The van der Waals surface area contributed by atoms with E-state index in [4.69, 9.17) is 0 Å². The van der Waals surface area contributed by atoms with Gasteiger partial charge in [0.05, 0.1) is 6.04 Å². The van der Waals surface area contributed by atoms with Crippen LogP contribution in [0.5, 0.6) is 0 Å². The smallest absolute Gasteiger partial charge is 0.318 e. The number of piperidine rings is 1. The summed E-state index contributed by atoms with van der Waals surface area (Å²) >= 11 is 0. The maximum Gasteiger partial charge on any atom is 0.318 e. The first-order valence-corrected chi connectivity index (χ1v) is 10.0. The third kappa shape index (κ3) is 3.92. The van der Waals surface area contributed by atoms with Gasteiger partial charge in [-0.25, -0.2) is 9.78 Å². The molecule has 0 radical (unpaired) electrons. The van der Waals surface area contributed by atoms with Crippen LogP contribution >= 0.6 is 0 Å². The summed E-state index contributed by atoms with van der Waals surface area (Å²) in [5.74, 6) is 1.03. The van der Waals surface area contributed by atoms with Crippen LogP contribution in [-0.2, 0) is 0 Å². The highest BCUT2D eigenvalue weighted by atomic mass is 16.2. The van der Waals surface area contributed by atoms with E-state index < -0.39 is 0 Å². The Hall–Kier alpha value is -2.56. The van der Waals surface area contributed by atoms with E-state index in [1.54, 1.807) is 0 Å². The third-order valence-corrected chi connectivity index (χ3v) is 5.86. The van der Waals surface area contributed by atoms with E-state index in [9.17, 15) is 4.79 Å². The highest BCUT2D eigenvalue weighted by Crippen LogP contribution is 2.33. The predicted molar refractivity (Wildman–Crippen MR) is 108 cm³/mol. The van der Waals surface area contributed by atoms with Gasteiger partial charge in [-0.3, -0.25) is 0 Å². The average molecular weight is 364 g/mol. The van der Waals surface area contributed by atoms with Crippen LogP contribution in [0.1, 0.15) is 42.9 Å². The molecule has 1 aromatic carbocycles. The Morgan fingerprint density at radius 3 is 2.56 bits per heavy atom. The van der Waals surface area contributed by atoms with E-state index >= 15 is 0 Å². The quantitative estimate of drug-likeness (QED) is 0.898. The molecular weight excluding hydrogens is 336 g/mol. The van der Waals surface area contributed by atoms with E-state index in [1.807, 2.05) is 23.2 Å². The first-order chi connectivity index (χ1) is 13.2. The number of hydrogen-bond acceptors (Lipinski definition) is 3. The number of nitrogens with one attached hydrogen (secondary N) is 1. The number of benzene rings is 1. The van der Waals surface area contributed by atoms with Crippen molar-refractivity contribution in [3.8, 4) is 0 Å². The van der Waals surface area contributed by atoms with Gasteiger partial charge in [0.25, 0.3) is 0 Å². The van der Waals surface area contributed by atoms with Gasteiger partial charge in [-0.15, -0.1) is 0 Å². The van der Waals surface area contributed by atoms with Crippen LogP contribution in [0, 0.1) is 6.92 Å². The number of aromatic nitrogens is 1. The van der Waals surface area contributed by atoms with Crippen molar-refractivity contribution in [2.45, 2.75) is 44.7 Å². The Morgan fingerprint density at radius 1 is 1.04 bits per heavy atom. The molecule has 2 aliphatic rings. The zero-order chi connectivity index (χ0) is 18.6. The lowest BCUT2D eigenvalue weighted by Crippen LogP contribution is -2.49. The predicted octanol–water partition coefficient (Wildman–Crippen LogP) is 3.91. The van der Waals surface area contributed by atoms with Crippen LogP contribution < -0.4 is 10.2 Å². The molecule has 5 nitrogen and oxygen atoms in total. The minimum atomic E-state index is 0.0945. The van der Waals surface area contributed by atoms with Crippen LogP contribution in [0.3, 0.4) is 0 Å². The third-order valence-electron chi connectivity index (χ3n) is 5.86. The molecule has 2 amide bonds. The molecule has 0 spiro atoms. The van der Waals surface area contributed by atoms with Gasteiger partial charge in [0.1, 0.15) is 5.82 Å². The Bertz CT molecular complexity index is 771. The van der Waals surface area contributed by atoms with Gasteiger partial charge in [-0.1, -0.05) is 30.3 Å². The van der Waals surface area contributed by atoms with Crippen LogP contribution in [0.2, 0.25) is 0 Å². The van der Waals surface area contributed by atoms with Gasteiger partial charge in [-0.2, -0.15) is 0 Å². The van der Waals surface area contributed by atoms with Crippen molar-refractivity contribution in [1.29, 1.82) is 0 Å². The normalized spacial score (nSPS) is 20.7. The van der Waals surface area contributed by atoms with Crippen LogP contribution in [0.25, 0.3) is 0 Å². The van der Waals surface area contributed by atoms with Crippen LogP contribution in [0.15, 0.2) is 48.7 Å². The number of pyridine rings is 1. The largest absolute Gasteiger partial charge is 0.356 e. The first-order valence-electron chi connectivity index (χ1n) is 10.0. The van der Waals surface area contributed by atoms with Gasteiger partial charge in [0.2, 0.25) is 0 Å². The number of carbonyl (C=O) groups is 1. The summed E-state index contributed by atoms with van der Waals surface area (Å²) in [5.41, 5.74) is 2.56. The summed E-state index contributed by atoms with van der Waals surface area (Å²) < 4.78 is 0. The van der Waals surface area contributed by atoms with Gasteiger partial charge >= 0.3 is 6.03 Å². The Balaban J connectivity index is 1.35. The number of amides is 2. The molecule has 142 valence electrons. The number of rotatable bonds is 3. The van der Waals surface area contributed by atoms with Crippen molar-refractivity contribution in [1.82, 2.24) is 15.2 Å². The van der Waals surface area contributed by atoms with E-state index in [-0.39, 0.29) is 18.1 Å². The number of aryl methyl sites for hydroxylation is 1. The summed E-state index contributed by atoms with van der Waals surface area (Å²) in [6, 6.07) is 15.0. The Kier molecular flexibility index (Phi) is 5.28. The molecule has 2 aromatic rings. The highest BCUT2D eigenvalue weighted by Gasteiger charge is 2.32. The van der Waals surface area contributed by atoms with Crippen molar-refractivity contribution >= 4 is 11.8 Å². The standard InChI is InChI=1S/C22H28N4O/c1-17-7-2-3-8-19(17)20-9-6-14-26(20)22(27)24-18-11-15-25(16-12-18)21-10-4-5-13-23-21/h2-5,7-8,10,13,18,20H,6,9,11-12,14-16H2,1H3,(H,24,27). The molecule has 1 N–H and O–H groups in total. The lowest BCUT2D eigenvalue weighted by atomic mass is 9.99. The summed E-state index contributed by atoms with van der Waals surface area (Å²) in [6.07, 6.45) is 5.89. The van der Waals surface area contributed by atoms with E-state index in [0.29, 0.717) is 0 Å². The van der Waals surface area contributed by atoms with Crippen LogP contribution in [-0.4, -0.2) is 41.6 Å². The molecule has 3 heterocycles. The lowest BCUT2D eigenvalue weighted by molar-refractivity contribution is 0.186. The zero-order valence-electron chi connectivity index (χ0n) is 16.0. The SMILES string of the molecule is Cc1ccccc1C1CCCN1C(=O)NC1CCN(c2ccccn2)CC1. The van der Waals surface area contributed by atoms with Gasteiger partial charge in [0, 0.05) is 31.9 Å². The first kappa shape index (κ1) is 17.8. The molecule has 2 saturated heterocycles. The second kappa shape index (κ2) is 7.99. The second-order valence-corrected chi connectivity index (χ2v) is 7.61. The molecule has 0 aliphatic carbocycles. The fraction of sp³-hybridized carbons (Fsp3) is 0.455. The van der Waals surface area contributed by atoms with E-state index in [0.717, 1.165) is 51.1 Å². The minimum Gasteiger partial charge on any atom is -0.356 e. The van der Waals surface area contributed by atoms with E-state index in [2.05, 4.69) is 52.5 Å². The lowest BCUT2D eigenvalue weighted by Gasteiger charge is -2.35. The number of urea groups is 1. The molecule has 0 saturated carbocycles. The molecule has 27 heavy (non-hydrogen) atoms. The summed E-state index contributed by atoms with van der Waals surface area (Å²) in [4.78, 5) is 21.7. The van der Waals surface area contributed by atoms with Gasteiger partial charge < -0.3 is 15.1 Å². The second-order valence-electron chi connectivity index (χ2n) is 7.61. The Labute approximate surface area is 161 Å². The fourth-order valence-corrected chi connectivity index (χ4v) is 4.35. The van der Waals surface area contributed by atoms with Crippen molar-refractivity contribution in [2.24, 2.45) is 0 Å². The molecule has 4 rings (SSSR count). The highest BCUT2D eigenvalue weighted by molar-refractivity contribution is 5.75. The molecule has 2 aliphatic heterocycles. The molecule has 1 unspecified atom stereocenters. The number of anilines is 1. The van der Waals surface area contributed by atoms with Gasteiger partial charge in [0.15, 0.2) is 0 Å². The van der Waals surface area contributed by atoms with Crippen molar-refractivity contribution in [3.05, 3.63) is 59.8 Å². The summed E-state index contributed by atoms with van der Waals surface area (Å²) in [7, 11) is 0. The number of nitrogens with zero attached hydrogens (tertiary/aromatic N) is 3. The van der Waals surface area contributed by atoms with E-state index in [1.165, 1.54) is 11.1 Å². The molecule has 5 heteroatoms. The molecular formula is C22H28N4O. The fourth-order valence-electron chi connectivity index (χ4n) is 4.35. The molecule has 0 bridgehead atoms. The van der Waals surface area contributed by atoms with Crippen molar-refractivity contribution < 1.29 is 4.79 Å². The van der Waals surface area contributed by atoms with Crippen molar-refractivity contribution in [3.63, 3.8) is 0 Å². The molecule has 1 atom stereocenters. The zero-order valence-corrected chi connectivity index (χ0v) is 16.0. The maximum absolute atomic E-state index is 12.9. The molecule has 2 fully saturated rings. The Morgan fingerprint density at radius 2 is 1.81 bits per heavy atom. The van der Waals surface area contributed by atoms with Crippen LogP contribution in [0.4, 0.5) is 10.6 Å². The average Bonchev–Trinajstić information content (AvgIpc) is 3.19. The number of carbonyl (C=O) groups excluding carboxylic acids is 1. The topological polar surface area (TPSA) is 48.5 Å². The van der Waals surface area contributed by atoms with Gasteiger partial charge in [-0.05, 0) is 55.9 Å².